The Balaban J connectivity index is 3.99. The number of rotatable bonds is 5. The molecule has 0 N–H and O–H groups in total. The van der Waals surface area contributed by atoms with E-state index in [9.17, 15) is 0 Å². The van der Waals surface area contributed by atoms with Crippen LogP contribution in [0, 0.1) is 5.92 Å². The van der Waals surface area contributed by atoms with Crippen LogP contribution in [0.4, 0.5) is 0 Å². The lowest BCUT2D eigenvalue weighted by Crippen LogP contribution is -2.26. The number of hydrogen-bond acceptors (Lipinski definition) is 0. The van der Waals surface area contributed by atoms with Gasteiger partial charge in [0, 0.05) is 4.83 Å². The van der Waals surface area contributed by atoms with E-state index < -0.39 is 0 Å². The number of halogens is 3. The van der Waals surface area contributed by atoms with Crippen LogP contribution in [0.1, 0.15) is 40.0 Å². The molecule has 0 rings (SSSR count). The zero-order valence-corrected chi connectivity index (χ0v) is 12.7. The molecule has 0 radical (unpaired) electrons. The molecule has 1 atom stereocenters. The van der Waals surface area contributed by atoms with Gasteiger partial charge in [0.05, 0.1) is 3.23 Å². The molecular formula is C9H17Br3. The molecule has 3 heteroatoms. The molecule has 0 amide bonds. The summed E-state index contributed by atoms with van der Waals surface area (Å²) in [6.45, 7) is 6.69. The Morgan fingerprint density at radius 3 is 2.08 bits per heavy atom. The van der Waals surface area contributed by atoms with E-state index in [-0.39, 0.29) is 3.23 Å². The molecule has 0 aliphatic carbocycles. The van der Waals surface area contributed by atoms with Crippen LogP contribution >= 0.6 is 47.8 Å². The predicted octanol–water partition coefficient (Wildman–Crippen LogP) is 5.08. The SMILES string of the molecule is CCCC(Br)C(Br)(Br)CC(C)C. The molecule has 0 aliphatic rings. The predicted molar refractivity (Wildman–Crippen MR) is 67.7 cm³/mol. The molecular weight excluding hydrogens is 348 g/mol. The summed E-state index contributed by atoms with van der Waals surface area (Å²) in [5.41, 5.74) is 0. The summed E-state index contributed by atoms with van der Waals surface area (Å²) in [4.78, 5) is 0.511. The molecule has 0 aliphatic heterocycles. The largest absolute Gasteiger partial charge is 0.0932 e. The van der Waals surface area contributed by atoms with Crippen molar-refractivity contribution in [1.29, 1.82) is 0 Å². The lowest BCUT2D eigenvalue weighted by atomic mass is 10.0. The van der Waals surface area contributed by atoms with Gasteiger partial charge in [-0.1, -0.05) is 75.0 Å². The van der Waals surface area contributed by atoms with Crippen molar-refractivity contribution >= 4 is 47.8 Å². The highest BCUT2D eigenvalue weighted by molar-refractivity contribution is 9.26. The van der Waals surface area contributed by atoms with Crippen molar-refractivity contribution in [1.82, 2.24) is 0 Å². The fourth-order valence-corrected chi connectivity index (χ4v) is 3.53. The van der Waals surface area contributed by atoms with Gasteiger partial charge in [-0.05, 0) is 18.8 Å². The lowest BCUT2D eigenvalue weighted by molar-refractivity contribution is 0.534. The molecule has 0 heterocycles. The van der Waals surface area contributed by atoms with E-state index >= 15 is 0 Å². The Bertz CT molecular complexity index is 121. The van der Waals surface area contributed by atoms with Gasteiger partial charge in [0.15, 0.2) is 0 Å². The van der Waals surface area contributed by atoms with Crippen LogP contribution in [0.15, 0.2) is 0 Å². The lowest BCUT2D eigenvalue weighted by Gasteiger charge is -2.27. The maximum Gasteiger partial charge on any atom is 0.0932 e. The quantitative estimate of drug-likeness (QED) is 0.596. The van der Waals surface area contributed by atoms with Crippen molar-refractivity contribution < 1.29 is 0 Å². The first-order valence-corrected chi connectivity index (χ1v) is 6.92. The van der Waals surface area contributed by atoms with Crippen molar-refractivity contribution in [3.63, 3.8) is 0 Å². The number of hydrogen-bond donors (Lipinski definition) is 0. The minimum Gasteiger partial charge on any atom is -0.0866 e. The van der Waals surface area contributed by atoms with E-state index in [0.29, 0.717) is 10.7 Å². The van der Waals surface area contributed by atoms with E-state index in [1.54, 1.807) is 0 Å². The molecule has 1 unspecified atom stereocenters. The van der Waals surface area contributed by atoms with Gasteiger partial charge in [0.1, 0.15) is 0 Å². The number of alkyl halides is 3. The first-order chi connectivity index (χ1) is 5.40. The summed E-state index contributed by atoms with van der Waals surface area (Å²) >= 11 is 11.1. The van der Waals surface area contributed by atoms with Gasteiger partial charge in [-0.3, -0.25) is 0 Å². The highest BCUT2D eigenvalue weighted by Crippen LogP contribution is 2.42. The summed E-state index contributed by atoms with van der Waals surface area (Å²) in [6, 6.07) is 0. The molecule has 0 nitrogen and oxygen atoms in total. The van der Waals surface area contributed by atoms with Crippen LogP contribution in [0.5, 0.6) is 0 Å². The summed E-state index contributed by atoms with van der Waals surface area (Å²) < 4.78 is 0.0736. The van der Waals surface area contributed by atoms with Crippen LogP contribution in [0.2, 0.25) is 0 Å². The third-order valence-electron chi connectivity index (χ3n) is 1.68. The van der Waals surface area contributed by atoms with Crippen LogP contribution in [-0.4, -0.2) is 8.06 Å². The van der Waals surface area contributed by atoms with Crippen molar-refractivity contribution in [3.8, 4) is 0 Å². The van der Waals surface area contributed by atoms with E-state index in [1.165, 1.54) is 12.8 Å². The van der Waals surface area contributed by atoms with Crippen molar-refractivity contribution in [2.75, 3.05) is 0 Å². The molecule has 0 fully saturated rings. The first kappa shape index (κ1) is 13.4. The van der Waals surface area contributed by atoms with Crippen molar-refractivity contribution in [2.45, 2.75) is 48.1 Å². The Kier molecular flexibility index (Phi) is 6.75. The second-order valence-corrected chi connectivity index (χ2v) is 8.61. The Hall–Kier alpha value is 1.44. The minimum absolute atomic E-state index is 0.0736. The van der Waals surface area contributed by atoms with Crippen LogP contribution in [0.3, 0.4) is 0 Å². The molecule has 0 aromatic heterocycles. The standard InChI is InChI=1S/C9H17Br3/c1-4-5-8(10)9(11,12)6-7(2)3/h7-8H,4-6H2,1-3H3. The highest BCUT2D eigenvalue weighted by Gasteiger charge is 2.31. The zero-order valence-electron chi connectivity index (χ0n) is 7.91. The Labute approximate surface area is 101 Å². The fraction of sp³-hybridized carbons (Fsp3) is 1.00. The van der Waals surface area contributed by atoms with Gasteiger partial charge in [-0.15, -0.1) is 0 Å². The Morgan fingerprint density at radius 2 is 1.75 bits per heavy atom. The molecule has 0 aromatic carbocycles. The molecule has 0 saturated heterocycles. The Morgan fingerprint density at radius 1 is 1.25 bits per heavy atom. The topological polar surface area (TPSA) is 0 Å². The molecule has 0 bridgehead atoms. The van der Waals surface area contributed by atoms with Gasteiger partial charge >= 0.3 is 0 Å². The second-order valence-electron chi connectivity index (χ2n) is 3.62. The fourth-order valence-electron chi connectivity index (χ4n) is 1.14. The first-order valence-electron chi connectivity index (χ1n) is 4.42. The molecule has 0 saturated carbocycles. The van der Waals surface area contributed by atoms with E-state index in [2.05, 4.69) is 68.6 Å². The molecule has 0 spiro atoms. The average Bonchev–Trinajstić information content (AvgIpc) is 1.85. The second kappa shape index (κ2) is 6.02. The highest BCUT2D eigenvalue weighted by atomic mass is 79.9. The monoisotopic (exact) mass is 362 g/mol. The third-order valence-corrected chi connectivity index (χ3v) is 5.90. The molecule has 0 aromatic rings. The van der Waals surface area contributed by atoms with E-state index in [4.69, 9.17) is 0 Å². The summed E-state index contributed by atoms with van der Waals surface area (Å²) in [5.74, 6) is 0.709. The van der Waals surface area contributed by atoms with Crippen LogP contribution in [-0.2, 0) is 0 Å². The average molecular weight is 365 g/mol. The summed E-state index contributed by atoms with van der Waals surface area (Å²) in [7, 11) is 0. The molecule has 74 valence electrons. The van der Waals surface area contributed by atoms with Gasteiger partial charge < -0.3 is 0 Å². The van der Waals surface area contributed by atoms with E-state index in [0.717, 1.165) is 6.42 Å². The summed E-state index contributed by atoms with van der Waals surface area (Å²) in [6.07, 6.45) is 3.55. The van der Waals surface area contributed by atoms with Gasteiger partial charge in [-0.2, -0.15) is 0 Å². The normalized spacial score (nSPS) is 15.2. The van der Waals surface area contributed by atoms with E-state index in [1.807, 2.05) is 0 Å². The van der Waals surface area contributed by atoms with Gasteiger partial charge in [-0.25, -0.2) is 0 Å². The van der Waals surface area contributed by atoms with Gasteiger partial charge in [0.25, 0.3) is 0 Å². The maximum absolute atomic E-state index is 3.72. The third kappa shape index (κ3) is 5.23. The smallest absolute Gasteiger partial charge is 0.0866 e. The summed E-state index contributed by atoms with van der Waals surface area (Å²) in [5, 5.41) is 0. The van der Waals surface area contributed by atoms with Crippen LogP contribution < -0.4 is 0 Å². The van der Waals surface area contributed by atoms with Crippen molar-refractivity contribution in [2.24, 2.45) is 5.92 Å². The maximum atomic E-state index is 3.72. The minimum atomic E-state index is 0.0736. The van der Waals surface area contributed by atoms with Crippen LogP contribution in [0.25, 0.3) is 0 Å². The zero-order chi connectivity index (χ0) is 9.78. The molecule has 12 heavy (non-hydrogen) atoms. The van der Waals surface area contributed by atoms with Crippen molar-refractivity contribution in [3.05, 3.63) is 0 Å². The van der Waals surface area contributed by atoms with Gasteiger partial charge in [0.2, 0.25) is 0 Å².